The number of amides is 1. The Hall–Kier alpha value is -1.44. The largest absolute Gasteiger partial charge is 0.352 e. The van der Waals surface area contributed by atoms with Crippen LogP contribution in [0.15, 0.2) is 35.2 Å². The van der Waals surface area contributed by atoms with Crippen LogP contribution >= 0.6 is 0 Å². The van der Waals surface area contributed by atoms with Crippen molar-refractivity contribution in [2.45, 2.75) is 48.7 Å². The maximum atomic E-state index is 12.4. The first-order valence-electron chi connectivity index (χ1n) is 8.02. The second-order valence-corrected chi connectivity index (χ2v) is 8.49. The van der Waals surface area contributed by atoms with Crippen molar-refractivity contribution in [3.8, 4) is 0 Å². The third-order valence-electron chi connectivity index (χ3n) is 4.66. The molecule has 2 aliphatic heterocycles. The molecule has 2 fully saturated rings. The molecule has 3 rings (SSSR count). The minimum atomic E-state index is -3.62. The van der Waals surface area contributed by atoms with Crippen molar-refractivity contribution >= 4 is 15.9 Å². The predicted octanol–water partition coefficient (Wildman–Crippen LogP) is 0.706. The van der Waals surface area contributed by atoms with Crippen molar-refractivity contribution in [2.75, 3.05) is 13.6 Å². The zero-order valence-electron chi connectivity index (χ0n) is 13.2. The van der Waals surface area contributed by atoms with E-state index < -0.39 is 10.0 Å². The van der Waals surface area contributed by atoms with Gasteiger partial charge in [-0.15, -0.1) is 0 Å². The van der Waals surface area contributed by atoms with Crippen molar-refractivity contribution in [3.63, 3.8) is 0 Å². The first-order valence-corrected chi connectivity index (χ1v) is 9.46. The smallest absolute Gasteiger partial charge is 0.243 e. The van der Waals surface area contributed by atoms with Crippen LogP contribution in [0.25, 0.3) is 0 Å². The Morgan fingerprint density at radius 3 is 2.43 bits per heavy atom. The predicted molar refractivity (Wildman–Crippen MR) is 87.4 cm³/mol. The lowest BCUT2D eigenvalue weighted by Gasteiger charge is -2.30. The molecular weight excluding hydrogens is 314 g/mol. The summed E-state index contributed by atoms with van der Waals surface area (Å²) in [6, 6.07) is 9.31. The molecule has 1 aromatic rings. The van der Waals surface area contributed by atoms with Crippen molar-refractivity contribution < 1.29 is 13.2 Å². The minimum absolute atomic E-state index is 0.147. The maximum absolute atomic E-state index is 12.4. The van der Waals surface area contributed by atoms with Gasteiger partial charge in [0.15, 0.2) is 0 Å². The summed E-state index contributed by atoms with van der Waals surface area (Å²) in [5, 5.41) is 6.51. The van der Waals surface area contributed by atoms with E-state index in [-0.39, 0.29) is 23.4 Å². The van der Waals surface area contributed by atoms with E-state index in [0.717, 1.165) is 17.1 Å². The standard InChI is InChI=1S/C16H23N3O3S/c1-19(23(21,22)15-5-3-2-4-6-15)11-16(20)18-14-9-12-7-8-13(10-14)17-12/h2-6,12-14,17H,7-11H2,1H3,(H,18,20). The van der Waals surface area contributed by atoms with Crippen molar-refractivity contribution in [1.82, 2.24) is 14.9 Å². The molecule has 6 nitrogen and oxygen atoms in total. The third-order valence-corrected chi connectivity index (χ3v) is 6.47. The van der Waals surface area contributed by atoms with Crippen LogP contribution in [0.2, 0.25) is 0 Å². The molecule has 2 unspecified atom stereocenters. The van der Waals surface area contributed by atoms with E-state index in [1.54, 1.807) is 18.2 Å². The number of rotatable bonds is 5. The Bertz CT molecular complexity index is 650. The van der Waals surface area contributed by atoms with Gasteiger partial charge in [-0.1, -0.05) is 18.2 Å². The summed E-state index contributed by atoms with van der Waals surface area (Å²) in [6.45, 7) is -0.156. The first kappa shape index (κ1) is 16.4. The van der Waals surface area contributed by atoms with Gasteiger partial charge >= 0.3 is 0 Å². The highest BCUT2D eigenvalue weighted by atomic mass is 32.2. The number of carbonyl (C=O) groups is 1. The van der Waals surface area contributed by atoms with Gasteiger partial charge < -0.3 is 10.6 Å². The van der Waals surface area contributed by atoms with Crippen LogP contribution in [-0.4, -0.2) is 50.3 Å². The van der Waals surface area contributed by atoms with E-state index in [0.29, 0.717) is 12.1 Å². The average Bonchev–Trinajstić information content (AvgIpc) is 2.86. The summed E-state index contributed by atoms with van der Waals surface area (Å²) in [5.41, 5.74) is 0. The number of piperidine rings is 1. The Kier molecular flexibility index (Phi) is 4.70. The molecule has 2 heterocycles. The van der Waals surface area contributed by atoms with Crippen molar-refractivity contribution in [3.05, 3.63) is 30.3 Å². The summed E-state index contributed by atoms with van der Waals surface area (Å²) < 4.78 is 25.9. The molecule has 0 spiro atoms. The minimum Gasteiger partial charge on any atom is -0.352 e. The van der Waals surface area contributed by atoms with E-state index in [2.05, 4.69) is 10.6 Å². The molecule has 2 aliphatic rings. The number of fused-ring (bicyclic) bond motifs is 2. The fourth-order valence-electron chi connectivity index (χ4n) is 3.51. The average molecular weight is 337 g/mol. The number of nitrogens with zero attached hydrogens (tertiary/aromatic N) is 1. The van der Waals surface area contributed by atoms with E-state index in [4.69, 9.17) is 0 Å². The number of sulfonamides is 1. The summed E-state index contributed by atoms with van der Waals surface area (Å²) >= 11 is 0. The number of carbonyl (C=O) groups excluding carboxylic acids is 1. The Morgan fingerprint density at radius 2 is 1.83 bits per heavy atom. The topological polar surface area (TPSA) is 78.5 Å². The molecule has 0 saturated carbocycles. The summed E-state index contributed by atoms with van der Waals surface area (Å²) in [6.07, 6.45) is 4.19. The Morgan fingerprint density at radius 1 is 1.22 bits per heavy atom. The van der Waals surface area contributed by atoms with E-state index in [1.807, 2.05) is 0 Å². The normalized spacial score (nSPS) is 27.1. The molecule has 2 atom stereocenters. The Labute approximate surface area is 137 Å². The molecule has 7 heteroatoms. The van der Waals surface area contributed by atoms with Gasteiger partial charge in [-0.25, -0.2) is 8.42 Å². The zero-order chi connectivity index (χ0) is 16.4. The van der Waals surface area contributed by atoms with Crippen molar-refractivity contribution in [1.29, 1.82) is 0 Å². The number of likely N-dealkylation sites (N-methyl/N-ethyl adjacent to an activating group) is 1. The number of hydrogen-bond donors (Lipinski definition) is 2. The summed E-state index contributed by atoms with van der Waals surface area (Å²) in [7, 11) is -2.19. The van der Waals surface area contributed by atoms with Crippen LogP contribution in [-0.2, 0) is 14.8 Å². The molecule has 2 saturated heterocycles. The molecule has 126 valence electrons. The highest BCUT2D eigenvalue weighted by Crippen LogP contribution is 2.26. The molecular formula is C16H23N3O3S. The second-order valence-electron chi connectivity index (χ2n) is 6.45. The monoisotopic (exact) mass is 337 g/mol. The fourth-order valence-corrected chi connectivity index (χ4v) is 4.66. The van der Waals surface area contributed by atoms with Gasteiger partial charge in [-0.05, 0) is 37.8 Å². The molecule has 2 N–H and O–H groups in total. The molecule has 1 aromatic carbocycles. The number of benzene rings is 1. The second kappa shape index (κ2) is 6.59. The first-order chi connectivity index (χ1) is 10.9. The van der Waals surface area contributed by atoms with E-state index >= 15 is 0 Å². The maximum Gasteiger partial charge on any atom is 0.243 e. The van der Waals surface area contributed by atoms with Crippen LogP contribution in [0.5, 0.6) is 0 Å². The zero-order valence-corrected chi connectivity index (χ0v) is 14.1. The van der Waals surface area contributed by atoms with E-state index in [9.17, 15) is 13.2 Å². The molecule has 0 aliphatic carbocycles. The van der Waals surface area contributed by atoms with E-state index in [1.165, 1.54) is 32.0 Å². The number of nitrogens with one attached hydrogen (secondary N) is 2. The molecule has 2 bridgehead atoms. The highest BCUT2D eigenvalue weighted by molar-refractivity contribution is 7.89. The lowest BCUT2D eigenvalue weighted by Crippen LogP contribution is -2.50. The fraction of sp³-hybridized carbons (Fsp3) is 0.562. The molecule has 23 heavy (non-hydrogen) atoms. The van der Waals surface area contributed by atoms with Gasteiger partial charge in [-0.2, -0.15) is 4.31 Å². The van der Waals surface area contributed by atoms with Gasteiger partial charge in [0.05, 0.1) is 11.4 Å². The van der Waals surface area contributed by atoms with Crippen LogP contribution < -0.4 is 10.6 Å². The van der Waals surface area contributed by atoms with Crippen LogP contribution in [0.1, 0.15) is 25.7 Å². The van der Waals surface area contributed by atoms with Crippen LogP contribution in [0.4, 0.5) is 0 Å². The summed E-state index contributed by atoms with van der Waals surface area (Å²) in [4.78, 5) is 12.4. The SMILES string of the molecule is CN(CC(=O)NC1CC2CCC(C1)N2)S(=O)(=O)c1ccccc1. The van der Waals surface area contributed by atoms with Gasteiger partial charge in [0.2, 0.25) is 15.9 Å². The third kappa shape index (κ3) is 3.73. The van der Waals surface area contributed by atoms with Crippen LogP contribution in [0, 0.1) is 0 Å². The Balaban J connectivity index is 1.57. The van der Waals surface area contributed by atoms with Gasteiger partial charge in [0.25, 0.3) is 0 Å². The van der Waals surface area contributed by atoms with Crippen molar-refractivity contribution in [2.24, 2.45) is 0 Å². The highest BCUT2D eigenvalue weighted by Gasteiger charge is 2.34. The van der Waals surface area contributed by atoms with Crippen LogP contribution in [0.3, 0.4) is 0 Å². The van der Waals surface area contributed by atoms with Gasteiger partial charge in [-0.3, -0.25) is 4.79 Å². The quantitative estimate of drug-likeness (QED) is 0.829. The van der Waals surface area contributed by atoms with Gasteiger partial charge in [0, 0.05) is 25.2 Å². The van der Waals surface area contributed by atoms with Gasteiger partial charge in [0.1, 0.15) is 0 Å². The molecule has 0 radical (unpaired) electrons. The lowest BCUT2D eigenvalue weighted by atomic mass is 10.00. The molecule has 1 amide bonds. The summed E-state index contributed by atoms with van der Waals surface area (Å²) in [5.74, 6) is -0.238. The lowest BCUT2D eigenvalue weighted by molar-refractivity contribution is -0.122. The number of hydrogen-bond acceptors (Lipinski definition) is 4. The molecule has 0 aromatic heterocycles.